The van der Waals surface area contributed by atoms with Gasteiger partial charge in [0.15, 0.2) is 0 Å². The quantitative estimate of drug-likeness (QED) is 0.386. The van der Waals surface area contributed by atoms with Gasteiger partial charge >= 0.3 is 33.3 Å². The zero-order valence-electron chi connectivity index (χ0n) is 8.38. The average Bonchev–Trinajstić information content (AvgIpc) is 2.25. The van der Waals surface area contributed by atoms with E-state index in [9.17, 15) is 14.7 Å². The second kappa shape index (κ2) is 8.03. The van der Waals surface area contributed by atoms with Gasteiger partial charge in [0.1, 0.15) is 6.61 Å². The predicted molar refractivity (Wildman–Crippen MR) is 56.1 cm³/mol. The first-order valence-corrected chi connectivity index (χ1v) is 4.28. The van der Waals surface area contributed by atoms with E-state index in [0.29, 0.717) is 6.08 Å². The molecule has 0 atom stereocenters. The summed E-state index contributed by atoms with van der Waals surface area (Å²) in [5, 5.41) is 9.97. The van der Waals surface area contributed by atoms with Crippen LogP contribution in [0.1, 0.15) is 5.56 Å². The van der Waals surface area contributed by atoms with Crippen molar-refractivity contribution in [1.82, 2.24) is 0 Å². The molecule has 0 aromatic heterocycles. The molecule has 1 aromatic rings. The number of esters is 1. The van der Waals surface area contributed by atoms with Gasteiger partial charge in [-0.2, -0.15) is 0 Å². The molecule has 0 amide bonds. The van der Waals surface area contributed by atoms with Gasteiger partial charge in [-0.25, -0.2) is 4.79 Å². The minimum absolute atomic E-state index is 0. The van der Waals surface area contributed by atoms with Crippen molar-refractivity contribution in [2.24, 2.45) is 0 Å². The molecule has 5 heteroatoms. The number of rotatable bonds is 4. The van der Waals surface area contributed by atoms with Crippen LogP contribution in [0.5, 0.6) is 0 Å². The predicted octanol–water partition coefficient (Wildman–Crippen LogP) is -0.345. The maximum absolute atomic E-state index is 10.9. The fourth-order valence-electron chi connectivity index (χ4n) is 0.913. The minimum atomic E-state index is -1.42. The molecule has 0 heterocycles. The molecule has 0 unspecified atom stereocenters. The van der Waals surface area contributed by atoms with Crippen LogP contribution in [-0.2, 0) is 20.9 Å². The molecule has 0 bridgehead atoms. The standard InChI is InChI=1S/C11H10O4.Pb/c12-10(13)6-7-11(14)15-8-9-4-2-1-3-5-9;/h1-7H,8H2,(H,12,13);/q;+1/p-1. The van der Waals surface area contributed by atoms with Crippen LogP contribution in [0.4, 0.5) is 0 Å². The molecular weight excluding hydrogens is 403 g/mol. The van der Waals surface area contributed by atoms with Crippen LogP contribution in [0.2, 0.25) is 0 Å². The first-order chi connectivity index (χ1) is 7.18. The Morgan fingerprint density at radius 2 is 1.81 bits per heavy atom. The summed E-state index contributed by atoms with van der Waals surface area (Å²) in [6.07, 6.45) is 1.45. The number of hydrogen-bond acceptors (Lipinski definition) is 4. The van der Waals surface area contributed by atoms with Crippen LogP contribution in [0.15, 0.2) is 42.5 Å². The minimum Gasteiger partial charge on any atom is -0.545 e. The Hall–Kier alpha value is -1.18. The molecule has 3 radical (unpaired) electrons. The van der Waals surface area contributed by atoms with E-state index in [-0.39, 0.29) is 33.9 Å². The summed E-state index contributed by atoms with van der Waals surface area (Å²) in [5.41, 5.74) is 0.840. The van der Waals surface area contributed by atoms with E-state index in [4.69, 9.17) is 4.74 Å². The summed E-state index contributed by atoms with van der Waals surface area (Å²) >= 11 is 0. The topological polar surface area (TPSA) is 66.4 Å². The monoisotopic (exact) mass is 413 g/mol. The molecule has 0 aliphatic carbocycles. The third-order valence-electron chi connectivity index (χ3n) is 1.58. The van der Waals surface area contributed by atoms with Crippen LogP contribution in [0, 0.1) is 0 Å². The number of carboxylic acids is 1. The first kappa shape index (κ1) is 14.8. The Bertz CT molecular complexity index is 373. The molecule has 0 aliphatic heterocycles. The summed E-state index contributed by atoms with van der Waals surface area (Å²) in [5.74, 6) is -2.13. The molecule has 0 N–H and O–H groups in total. The summed E-state index contributed by atoms with van der Waals surface area (Å²) in [6.45, 7) is 0.122. The summed E-state index contributed by atoms with van der Waals surface area (Å²) in [4.78, 5) is 20.9. The van der Waals surface area contributed by atoms with Crippen molar-refractivity contribution >= 4 is 39.2 Å². The zero-order chi connectivity index (χ0) is 11.1. The fourth-order valence-corrected chi connectivity index (χ4v) is 0.913. The maximum Gasteiger partial charge on any atom is 1.00 e. The second-order valence-corrected chi connectivity index (χ2v) is 2.75. The van der Waals surface area contributed by atoms with Crippen LogP contribution in [0.3, 0.4) is 0 Å². The SMILES string of the molecule is O=C([O-])C=CC(=O)OCc1ccccc1.[Pb+]. The van der Waals surface area contributed by atoms with Gasteiger partial charge in [0.2, 0.25) is 0 Å². The number of carbonyl (C=O) groups excluding carboxylic acids is 2. The van der Waals surface area contributed by atoms with Crippen molar-refractivity contribution in [3.05, 3.63) is 48.0 Å². The molecular formula is C11H9O4Pb. The molecule has 0 spiro atoms. The van der Waals surface area contributed by atoms with Gasteiger partial charge in [0.05, 0.1) is 5.97 Å². The largest absolute Gasteiger partial charge is 1.00 e. The van der Waals surface area contributed by atoms with Crippen LogP contribution >= 0.6 is 0 Å². The Balaban J connectivity index is 0.00000225. The fraction of sp³-hybridized carbons (Fsp3) is 0.0909. The van der Waals surface area contributed by atoms with E-state index < -0.39 is 11.9 Å². The molecule has 0 saturated heterocycles. The number of hydrogen-bond donors (Lipinski definition) is 0. The van der Waals surface area contributed by atoms with Crippen molar-refractivity contribution in [2.45, 2.75) is 6.61 Å². The van der Waals surface area contributed by atoms with E-state index in [1.54, 1.807) is 12.1 Å². The molecule has 0 aliphatic rings. The van der Waals surface area contributed by atoms with E-state index in [1.807, 2.05) is 18.2 Å². The number of ether oxygens (including phenoxy) is 1. The van der Waals surface area contributed by atoms with Gasteiger partial charge in [0, 0.05) is 6.08 Å². The van der Waals surface area contributed by atoms with Gasteiger partial charge in [0.25, 0.3) is 0 Å². The number of aliphatic carboxylic acids is 1. The molecule has 0 fully saturated rings. The Morgan fingerprint density at radius 3 is 2.38 bits per heavy atom. The molecule has 81 valence electrons. The van der Waals surface area contributed by atoms with Crippen molar-refractivity contribution in [2.75, 3.05) is 0 Å². The number of carbonyl (C=O) groups is 2. The van der Waals surface area contributed by atoms with E-state index >= 15 is 0 Å². The molecule has 1 aromatic carbocycles. The first-order valence-electron chi connectivity index (χ1n) is 4.28. The summed E-state index contributed by atoms with van der Waals surface area (Å²) in [6, 6.07) is 9.09. The Labute approximate surface area is 113 Å². The van der Waals surface area contributed by atoms with Gasteiger partial charge in [-0.15, -0.1) is 0 Å². The Morgan fingerprint density at radius 1 is 1.19 bits per heavy atom. The average molecular weight is 412 g/mol. The smallest absolute Gasteiger partial charge is 0.545 e. The third kappa shape index (κ3) is 6.33. The van der Waals surface area contributed by atoms with Crippen LogP contribution < -0.4 is 5.11 Å². The normalized spacial score (nSPS) is 9.50. The number of carboxylic acid groups (broad SMARTS) is 1. The molecule has 0 saturated carbocycles. The zero-order valence-corrected chi connectivity index (χ0v) is 12.3. The van der Waals surface area contributed by atoms with E-state index in [1.165, 1.54) is 0 Å². The second-order valence-electron chi connectivity index (χ2n) is 2.75. The summed E-state index contributed by atoms with van der Waals surface area (Å²) in [7, 11) is 0. The third-order valence-corrected chi connectivity index (χ3v) is 1.58. The Kier molecular flexibility index (Phi) is 7.44. The van der Waals surface area contributed by atoms with Crippen molar-refractivity contribution in [3.63, 3.8) is 0 Å². The van der Waals surface area contributed by atoms with Crippen LogP contribution in [0.25, 0.3) is 0 Å². The van der Waals surface area contributed by atoms with Gasteiger partial charge in [-0.1, -0.05) is 30.3 Å². The molecule has 16 heavy (non-hydrogen) atoms. The van der Waals surface area contributed by atoms with Gasteiger partial charge < -0.3 is 14.6 Å². The maximum atomic E-state index is 10.9. The summed E-state index contributed by atoms with van der Waals surface area (Å²) < 4.78 is 4.76. The van der Waals surface area contributed by atoms with E-state index in [2.05, 4.69) is 0 Å². The van der Waals surface area contributed by atoms with E-state index in [0.717, 1.165) is 11.6 Å². The van der Waals surface area contributed by atoms with Crippen molar-refractivity contribution in [3.8, 4) is 0 Å². The number of benzene rings is 1. The van der Waals surface area contributed by atoms with Crippen LogP contribution in [-0.4, -0.2) is 39.2 Å². The molecule has 4 nitrogen and oxygen atoms in total. The van der Waals surface area contributed by atoms with Crippen molar-refractivity contribution in [1.29, 1.82) is 0 Å². The van der Waals surface area contributed by atoms with Gasteiger partial charge in [-0.3, -0.25) is 0 Å². The van der Waals surface area contributed by atoms with Gasteiger partial charge in [-0.05, 0) is 11.6 Å². The molecule has 1 rings (SSSR count). The van der Waals surface area contributed by atoms with Crippen molar-refractivity contribution < 1.29 is 19.4 Å².